The number of amides is 1. The van der Waals surface area contributed by atoms with Crippen molar-refractivity contribution in [3.05, 3.63) is 59.2 Å². The van der Waals surface area contributed by atoms with Crippen LogP contribution in [0.1, 0.15) is 40.7 Å². The first kappa shape index (κ1) is 17.3. The third kappa shape index (κ3) is 4.32. The van der Waals surface area contributed by atoms with E-state index < -0.39 is 0 Å². The molecule has 1 saturated heterocycles. The van der Waals surface area contributed by atoms with Crippen LogP contribution in [0.2, 0.25) is 0 Å². The maximum atomic E-state index is 12.3. The average Bonchev–Trinajstić information content (AvgIpc) is 2.67. The molecular formula is C21H26N2O2. The van der Waals surface area contributed by atoms with Crippen LogP contribution in [0, 0.1) is 6.92 Å². The van der Waals surface area contributed by atoms with E-state index in [1.807, 2.05) is 19.1 Å². The second-order valence-electron chi connectivity index (χ2n) is 6.58. The Morgan fingerprint density at radius 3 is 2.44 bits per heavy atom. The normalized spacial score (nSPS) is 14.2. The highest BCUT2D eigenvalue weighted by Gasteiger charge is 2.11. The molecule has 0 atom stereocenters. The summed E-state index contributed by atoms with van der Waals surface area (Å²) in [6.07, 6.45) is 3.89. The lowest BCUT2D eigenvalue weighted by Gasteiger charge is -2.28. The lowest BCUT2D eigenvalue weighted by atomic mass is 10.1. The Labute approximate surface area is 149 Å². The second kappa shape index (κ2) is 8.06. The maximum absolute atomic E-state index is 12.3. The molecule has 1 aliphatic rings. The zero-order valence-corrected chi connectivity index (χ0v) is 15.0. The molecule has 1 amide bonds. The Hall–Kier alpha value is -2.49. The molecule has 0 unspecified atom stereocenters. The van der Waals surface area contributed by atoms with Crippen molar-refractivity contribution in [1.82, 2.24) is 5.32 Å². The summed E-state index contributed by atoms with van der Waals surface area (Å²) >= 11 is 0. The summed E-state index contributed by atoms with van der Waals surface area (Å²) in [5, 5.41) is 2.99. The molecule has 0 aromatic heterocycles. The molecule has 0 radical (unpaired) electrons. The number of piperidine rings is 1. The first-order valence-corrected chi connectivity index (χ1v) is 8.94. The van der Waals surface area contributed by atoms with Crippen molar-refractivity contribution in [1.29, 1.82) is 0 Å². The van der Waals surface area contributed by atoms with Crippen LogP contribution in [0.3, 0.4) is 0 Å². The number of hydrogen-bond donors (Lipinski definition) is 1. The third-order valence-electron chi connectivity index (χ3n) is 4.77. The van der Waals surface area contributed by atoms with Crippen LogP contribution in [-0.4, -0.2) is 26.1 Å². The quantitative estimate of drug-likeness (QED) is 0.898. The van der Waals surface area contributed by atoms with Gasteiger partial charge in [-0.05, 0) is 67.6 Å². The lowest BCUT2D eigenvalue weighted by Crippen LogP contribution is -2.29. The highest BCUT2D eigenvalue weighted by molar-refractivity contribution is 5.94. The third-order valence-corrected chi connectivity index (χ3v) is 4.77. The zero-order valence-electron chi connectivity index (χ0n) is 15.0. The first-order chi connectivity index (χ1) is 12.2. The van der Waals surface area contributed by atoms with Crippen molar-refractivity contribution in [2.75, 3.05) is 25.1 Å². The van der Waals surface area contributed by atoms with Crippen molar-refractivity contribution >= 4 is 11.6 Å². The standard InChI is InChI=1S/C21H26N2O2/c1-16-14-18(8-11-20(16)25-2)21(24)22-15-17-6-9-19(10-7-17)23-12-4-3-5-13-23/h6-11,14H,3-5,12-13,15H2,1-2H3,(H,22,24). The number of nitrogens with zero attached hydrogens (tertiary/aromatic N) is 1. The second-order valence-corrected chi connectivity index (χ2v) is 6.58. The van der Waals surface area contributed by atoms with E-state index in [1.54, 1.807) is 13.2 Å². The van der Waals surface area contributed by atoms with Gasteiger partial charge in [-0.1, -0.05) is 12.1 Å². The van der Waals surface area contributed by atoms with Crippen molar-refractivity contribution in [3.63, 3.8) is 0 Å². The van der Waals surface area contributed by atoms with Crippen LogP contribution in [0.5, 0.6) is 5.75 Å². The molecule has 25 heavy (non-hydrogen) atoms. The van der Waals surface area contributed by atoms with Gasteiger partial charge in [0.1, 0.15) is 5.75 Å². The van der Waals surface area contributed by atoms with Gasteiger partial charge < -0.3 is 15.0 Å². The van der Waals surface area contributed by atoms with E-state index in [-0.39, 0.29) is 5.91 Å². The average molecular weight is 338 g/mol. The number of carbonyl (C=O) groups is 1. The highest BCUT2D eigenvalue weighted by Crippen LogP contribution is 2.21. The van der Waals surface area contributed by atoms with Gasteiger partial charge in [0.05, 0.1) is 7.11 Å². The lowest BCUT2D eigenvalue weighted by molar-refractivity contribution is 0.0951. The Kier molecular flexibility index (Phi) is 5.59. The summed E-state index contributed by atoms with van der Waals surface area (Å²) in [5.74, 6) is 0.732. The van der Waals surface area contributed by atoms with Gasteiger partial charge in [-0.25, -0.2) is 0 Å². The predicted molar refractivity (Wildman–Crippen MR) is 101 cm³/mol. The predicted octanol–water partition coefficient (Wildman–Crippen LogP) is 3.92. The molecule has 1 N–H and O–H groups in total. The summed E-state index contributed by atoms with van der Waals surface area (Å²) in [6.45, 7) is 4.76. The molecular weight excluding hydrogens is 312 g/mol. The smallest absolute Gasteiger partial charge is 0.251 e. The molecule has 1 aliphatic heterocycles. The van der Waals surface area contributed by atoms with E-state index in [4.69, 9.17) is 4.74 Å². The van der Waals surface area contributed by atoms with E-state index in [1.165, 1.54) is 24.9 Å². The van der Waals surface area contributed by atoms with Crippen molar-refractivity contribution in [2.45, 2.75) is 32.7 Å². The Balaban J connectivity index is 1.57. The van der Waals surface area contributed by atoms with Gasteiger partial charge in [0.15, 0.2) is 0 Å². The Morgan fingerprint density at radius 2 is 1.80 bits per heavy atom. The van der Waals surface area contributed by atoms with Crippen molar-refractivity contribution in [3.8, 4) is 5.75 Å². The van der Waals surface area contributed by atoms with Gasteiger partial charge in [0.2, 0.25) is 0 Å². The fraction of sp³-hybridized carbons (Fsp3) is 0.381. The van der Waals surface area contributed by atoms with E-state index in [9.17, 15) is 4.79 Å². The molecule has 1 heterocycles. The van der Waals surface area contributed by atoms with Crippen molar-refractivity contribution in [2.24, 2.45) is 0 Å². The van der Waals surface area contributed by atoms with E-state index in [2.05, 4.69) is 34.5 Å². The molecule has 0 aliphatic carbocycles. The minimum Gasteiger partial charge on any atom is -0.496 e. The molecule has 0 spiro atoms. The molecule has 3 rings (SSSR count). The van der Waals surface area contributed by atoms with E-state index >= 15 is 0 Å². The molecule has 1 fully saturated rings. The van der Waals surface area contributed by atoms with Crippen molar-refractivity contribution < 1.29 is 9.53 Å². The minimum absolute atomic E-state index is 0.0640. The molecule has 2 aromatic rings. The summed E-state index contributed by atoms with van der Waals surface area (Å²) in [4.78, 5) is 14.8. The summed E-state index contributed by atoms with van der Waals surface area (Å²) < 4.78 is 5.23. The Morgan fingerprint density at radius 1 is 1.08 bits per heavy atom. The molecule has 2 aromatic carbocycles. The largest absolute Gasteiger partial charge is 0.496 e. The van der Waals surface area contributed by atoms with Gasteiger partial charge in [-0.3, -0.25) is 4.79 Å². The number of ether oxygens (including phenoxy) is 1. The maximum Gasteiger partial charge on any atom is 0.251 e. The first-order valence-electron chi connectivity index (χ1n) is 8.94. The summed E-state index contributed by atoms with van der Waals surface area (Å²) in [6, 6.07) is 14.0. The van der Waals surface area contributed by atoms with Gasteiger partial charge in [0.25, 0.3) is 5.91 Å². The van der Waals surface area contributed by atoms with Gasteiger partial charge >= 0.3 is 0 Å². The van der Waals surface area contributed by atoms with Crippen LogP contribution in [0.25, 0.3) is 0 Å². The van der Waals surface area contributed by atoms with Gasteiger partial charge in [-0.2, -0.15) is 0 Å². The van der Waals surface area contributed by atoms with Gasteiger partial charge in [-0.15, -0.1) is 0 Å². The number of carbonyl (C=O) groups excluding carboxylic acids is 1. The number of aryl methyl sites for hydroxylation is 1. The van der Waals surface area contributed by atoms with Crippen LogP contribution < -0.4 is 15.0 Å². The fourth-order valence-electron chi connectivity index (χ4n) is 3.28. The summed E-state index contributed by atoms with van der Waals surface area (Å²) in [5.41, 5.74) is 4.00. The number of nitrogens with one attached hydrogen (secondary N) is 1. The van der Waals surface area contributed by atoms with E-state index in [0.29, 0.717) is 12.1 Å². The topological polar surface area (TPSA) is 41.6 Å². The number of hydrogen-bond acceptors (Lipinski definition) is 3. The zero-order chi connectivity index (χ0) is 17.6. The van der Waals surface area contributed by atoms with Gasteiger partial charge in [0, 0.05) is 30.9 Å². The summed E-state index contributed by atoms with van der Waals surface area (Å²) in [7, 11) is 1.63. The number of anilines is 1. The van der Waals surface area contributed by atoms with Crippen LogP contribution in [-0.2, 0) is 6.54 Å². The number of rotatable bonds is 5. The van der Waals surface area contributed by atoms with Crippen LogP contribution >= 0.6 is 0 Å². The number of methoxy groups -OCH3 is 1. The van der Waals surface area contributed by atoms with E-state index in [0.717, 1.165) is 30.0 Å². The monoisotopic (exact) mass is 338 g/mol. The molecule has 4 nitrogen and oxygen atoms in total. The SMILES string of the molecule is COc1ccc(C(=O)NCc2ccc(N3CCCCC3)cc2)cc1C. The number of benzene rings is 2. The molecule has 132 valence electrons. The van der Waals surface area contributed by atoms with Crippen LogP contribution in [0.15, 0.2) is 42.5 Å². The van der Waals surface area contributed by atoms with Crippen LogP contribution in [0.4, 0.5) is 5.69 Å². The molecule has 0 bridgehead atoms. The molecule has 4 heteroatoms. The highest BCUT2D eigenvalue weighted by atomic mass is 16.5. The minimum atomic E-state index is -0.0640. The Bertz CT molecular complexity index is 719. The fourth-order valence-corrected chi connectivity index (χ4v) is 3.28. The molecule has 0 saturated carbocycles.